The second-order valence-corrected chi connectivity index (χ2v) is 7.17. The summed E-state index contributed by atoms with van der Waals surface area (Å²) in [6.45, 7) is 4.85. The number of hydrogen-bond donors (Lipinski definition) is 1. The lowest BCUT2D eigenvalue weighted by Gasteiger charge is -2.27. The number of aromatic nitrogens is 2. The largest absolute Gasteiger partial charge is 0.492 e. The highest BCUT2D eigenvalue weighted by Crippen LogP contribution is 2.20. The van der Waals surface area contributed by atoms with E-state index < -0.39 is 5.60 Å². The van der Waals surface area contributed by atoms with Crippen molar-refractivity contribution >= 4 is 16.8 Å². The van der Waals surface area contributed by atoms with E-state index in [-0.39, 0.29) is 11.5 Å². The van der Waals surface area contributed by atoms with E-state index in [4.69, 9.17) is 9.47 Å². The molecule has 1 N–H and O–H groups in total. The normalized spacial score (nSPS) is 13.0. The molecule has 0 bridgehead atoms. The SMILES string of the molecule is CCOC(C)(Cc1ccc(OCCn2cnc3ccccc3c2=O)cc1)C(=O)NC. The number of hydrogen-bond acceptors (Lipinski definition) is 5. The zero-order valence-corrected chi connectivity index (χ0v) is 17.6. The summed E-state index contributed by atoms with van der Waals surface area (Å²) in [4.78, 5) is 29.0. The Morgan fingerprint density at radius 2 is 1.90 bits per heavy atom. The molecule has 0 saturated carbocycles. The van der Waals surface area contributed by atoms with Crippen molar-refractivity contribution < 1.29 is 14.3 Å². The molecule has 0 saturated heterocycles. The Balaban J connectivity index is 1.60. The Hall–Kier alpha value is -3.19. The number of benzene rings is 2. The molecular weight excluding hydrogens is 382 g/mol. The summed E-state index contributed by atoms with van der Waals surface area (Å²) in [6, 6.07) is 14.8. The van der Waals surface area contributed by atoms with Crippen LogP contribution >= 0.6 is 0 Å². The van der Waals surface area contributed by atoms with E-state index in [0.717, 1.165) is 5.56 Å². The van der Waals surface area contributed by atoms with E-state index >= 15 is 0 Å². The molecule has 0 fully saturated rings. The summed E-state index contributed by atoms with van der Waals surface area (Å²) in [5, 5.41) is 3.25. The van der Waals surface area contributed by atoms with Crippen LogP contribution in [0.15, 0.2) is 59.7 Å². The van der Waals surface area contributed by atoms with Gasteiger partial charge in [0.1, 0.15) is 18.0 Å². The van der Waals surface area contributed by atoms with Crippen LogP contribution in [-0.2, 0) is 22.5 Å². The number of likely N-dealkylation sites (N-methyl/N-ethyl adjacent to an activating group) is 1. The highest BCUT2D eigenvalue weighted by molar-refractivity contribution is 5.84. The summed E-state index contributed by atoms with van der Waals surface area (Å²) in [6.07, 6.45) is 2.00. The number of amides is 1. The highest BCUT2D eigenvalue weighted by Gasteiger charge is 2.33. The van der Waals surface area contributed by atoms with Crippen molar-refractivity contribution in [1.82, 2.24) is 14.9 Å². The molecule has 7 heteroatoms. The van der Waals surface area contributed by atoms with Gasteiger partial charge in [-0.15, -0.1) is 0 Å². The first kappa shape index (κ1) is 21.5. The third kappa shape index (κ3) is 4.86. The lowest BCUT2D eigenvalue weighted by molar-refractivity contribution is -0.143. The minimum Gasteiger partial charge on any atom is -0.492 e. The van der Waals surface area contributed by atoms with Gasteiger partial charge in [0, 0.05) is 20.1 Å². The van der Waals surface area contributed by atoms with Crippen LogP contribution in [-0.4, -0.2) is 41.3 Å². The lowest BCUT2D eigenvalue weighted by atomic mass is 9.95. The topological polar surface area (TPSA) is 82.5 Å². The van der Waals surface area contributed by atoms with Crippen LogP contribution in [0.4, 0.5) is 0 Å². The van der Waals surface area contributed by atoms with Gasteiger partial charge in [0.05, 0.1) is 23.8 Å². The van der Waals surface area contributed by atoms with Gasteiger partial charge in [-0.3, -0.25) is 14.2 Å². The van der Waals surface area contributed by atoms with Gasteiger partial charge in [0.2, 0.25) is 0 Å². The van der Waals surface area contributed by atoms with Crippen molar-refractivity contribution in [3.8, 4) is 5.75 Å². The van der Waals surface area contributed by atoms with Crippen LogP contribution in [0.5, 0.6) is 5.75 Å². The van der Waals surface area contributed by atoms with E-state index in [0.29, 0.717) is 42.8 Å². The van der Waals surface area contributed by atoms with Gasteiger partial charge >= 0.3 is 0 Å². The summed E-state index contributed by atoms with van der Waals surface area (Å²) >= 11 is 0. The first-order valence-corrected chi connectivity index (χ1v) is 9.99. The molecule has 1 unspecified atom stereocenters. The van der Waals surface area contributed by atoms with Crippen molar-refractivity contribution in [1.29, 1.82) is 0 Å². The average Bonchev–Trinajstić information content (AvgIpc) is 2.76. The zero-order chi connectivity index (χ0) is 21.6. The van der Waals surface area contributed by atoms with Gasteiger partial charge in [-0.25, -0.2) is 4.98 Å². The first-order valence-electron chi connectivity index (χ1n) is 9.99. The molecule has 2 aromatic carbocycles. The molecule has 0 aliphatic heterocycles. The number of para-hydroxylation sites is 1. The van der Waals surface area contributed by atoms with Gasteiger partial charge in [-0.05, 0) is 43.7 Å². The molecule has 0 spiro atoms. The Morgan fingerprint density at radius 1 is 1.17 bits per heavy atom. The number of nitrogens with one attached hydrogen (secondary N) is 1. The summed E-state index contributed by atoms with van der Waals surface area (Å²) in [5.74, 6) is 0.540. The van der Waals surface area contributed by atoms with Gasteiger partial charge in [0.15, 0.2) is 0 Å². The van der Waals surface area contributed by atoms with Crippen molar-refractivity contribution in [3.63, 3.8) is 0 Å². The predicted octanol–water partition coefficient (Wildman–Crippen LogP) is 2.56. The lowest BCUT2D eigenvalue weighted by Crippen LogP contribution is -2.47. The summed E-state index contributed by atoms with van der Waals surface area (Å²) in [5.41, 5.74) is 0.655. The molecule has 0 aliphatic rings. The Kier molecular flexibility index (Phi) is 6.84. The summed E-state index contributed by atoms with van der Waals surface area (Å²) < 4.78 is 13.0. The predicted molar refractivity (Wildman–Crippen MR) is 116 cm³/mol. The van der Waals surface area contributed by atoms with E-state index in [2.05, 4.69) is 10.3 Å². The van der Waals surface area contributed by atoms with Crippen LogP contribution in [0.2, 0.25) is 0 Å². The summed E-state index contributed by atoms with van der Waals surface area (Å²) in [7, 11) is 1.60. The van der Waals surface area contributed by atoms with Gasteiger partial charge in [0.25, 0.3) is 11.5 Å². The fourth-order valence-corrected chi connectivity index (χ4v) is 3.40. The van der Waals surface area contributed by atoms with Crippen LogP contribution in [0, 0.1) is 0 Å². The number of carbonyl (C=O) groups excluding carboxylic acids is 1. The Labute approximate surface area is 175 Å². The number of ether oxygens (including phenoxy) is 2. The van der Waals surface area contributed by atoms with E-state index in [1.165, 1.54) is 0 Å². The smallest absolute Gasteiger partial charge is 0.261 e. The highest BCUT2D eigenvalue weighted by atomic mass is 16.5. The maximum atomic E-state index is 12.5. The molecule has 158 valence electrons. The number of carbonyl (C=O) groups is 1. The molecule has 7 nitrogen and oxygen atoms in total. The van der Waals surface area contributed by atoms with Gasteiger partial charge < -0.3 is 14.8 Å². The number of rotatable bonds is 9. The molecule has 1 amide bonds. The molecule has 30 heavy (non-hydrogen) atoms. The van der Waals surface area contributed by atoms with Crippen LogP contribution in [0.1, 0.15) is 19.4 Å². The van der Waals surface area contributed by atoms with Crippen molar-refractivity contribution in [2.45, 2.75) is 32.4 Å². The molecular formula is C23H27N3O4. The van der Waals surface area contributed by atoms with E-state index in [1.54, 1.807) is 30.9 Å². The minimum absolute atomic E-state index is 0.0797. The molecule has 3 rings (SSSR count). The Bertz CT molecular complexity index is 1060. The zero-order valence-electron chi connectivity index (χ0n) is 17.6. The molecule has 1 atom stereocenters. The Morgan fingerprint density at radius 3 is 2.60 bits per heavy atom. The van der Waals surface area contributed by atoms with Crippen LogP contribution < -0.4 is 15.6 Å². The molecule has 0 aliphatic carbocycles. The van der Waals surface area contributed by atoms with Crippen molar-refractivity contribution in [3.05, 3.63) is 70.8 Å². The number of fused-ring (bicyclic) bond motifs is 1. The monoisotopic (exact) mass is 409 g/mol. The molecule has 3 aromatic rings. The standard InChI is InChI=1S/C23H27N3O4/c1-4-30-23(2,22(28)24-3)15-17-9-11-18(12-10-17)29-14-13-26-16-25-20-8-6-5-7-19(20)21(26)27/h5-12,16H,4,13-15H2,1-3H3,(H,24,28). The van der Waals surface area contributed by atoms with E-state index in [9.17, 15) is 9.59 Å². The quantitative estimate of drug-likeness (QED) is 0.587. The average molecular weight is 409 g/mol. The number of nitrogens with zero attached hydrogens (tertiary/aromatic N) is 2. The fourth-order valence-electron chi connectivity index (χ4n) is 3.40. The second kappa shape index (κ2) is 9.54. The molecule has 1 aromatic heterocycles. The van der Waals surface area contributed by atoms with Gasteiger partial charge in [-0.1, -0.05) is 24.3 Å². The van der Waals surface area contributed by atoms with Gasteiger partial charge in [-0.2, -0.15) is 0 Å². The third-order valence-electron chi connectivity index (χ3n) is 4.97. The van der Waals surface area contributed by atoms with Crippen molar-refractivity contribution in [2.24, 2.45) is 0 Å². The molecule has 0 radical (unpaired) electrons. The van der Waals surface area contributed by atoms with Crippen LogP contribution in [0.25, 0.3) is 10.9 Å². The van der Waals surface area contributed by atoms with E-state index in [1.807, 2.05) is 49.4 Å². The first-order chi connectivity index (χ1) is 14.5. The fraction of sp³-hybridized carbons (Fsp3) is 0.348. The third-order valence-corrected chi connectivity index (χ3v) is 4.97. The molecule has 1 heterocycles. The second-order valence-electron chi connectivity index (χ2n) is 7.17. The maximum absolute atomic E-state index is 12.5. The minimum atomic E-state index is -0.921. The van der Waals surface area contributed by atoms with Crippen molar-refractivity contribution in [2.75, 3.05) is 20.3 Å². The maximum Gasteiger partial charge on any atom is 0.261 e. The van der Waals surface area contributed by atoms with Crippen LogP contribution in [0.3, 0.4) is 0 Å².